The number of likely N-dealkylation sites (tertiary alicyclic amines) is 1. The summed E-state index contributed by atoms with van der Waals surface area (Å²) in [5.74, 6) is 0. The average Bonchev–Trinajstić information content (AvgIpc) is 2.07. The Morgan fingerprint density at radius 2 is 1.58 bits per heavy atom. The van der Waals surface area contributed by atoms with Gasteiger partial charge < -0.3 is 10.2 Å². The fraction of sp³-hybridized carbons (Fsp3) is 1.00. The zero-order valence-corrected chi connectivity index (χ0v) is 6.25. The first-order valence-electron chi connectivity index (χ1n) is 3.54. The highest BCUT2D eigenvalue weighted by atomic mass is 19.4. The maximum Gasteiger partial charge on any atom is 0.401 e. The van der Waals surface area contributed by atoms with E-state index in [4.69, 9.17) is 10.2 Å². The number of aliphatic hydroxyl groups is 2. The number of β-amino-alcohol motifs (C(OH)–C–C–N with tert-alkyl or cyclic N) is 2. The molecule has 12 heavy (non-hydrogen) atoms. The Labute approximate surface area is 67.4 Å². The second kappa shape index (κ2) is 3.20. The Morgan fingerprint density at radius 1 is 1.17 bits per heavy atom. The van der Waals surface area contributed by atoms with Crippen LogP contribution in [0.15, 0.2) is 0 Å². The molecule has 72 valence electrons. The van der Waals surface area contributed by atoms with E-state index in [1.807, 2.05) is 0 Å². The van der Waals surface area contributed by atoms with Gasteiger partial charge in [-0.1, -0.05) is 0 Å². The Kier molecular flexibility index (Phi) is 2.60. The van der Waals surface area contributed by atoms with E-state index in [2.05, 4.69) is 0 Å². The molecule has 0 radical (unpaired) electrons. The molecule has 2 N–H and O–H groups in total. The minimum atomic E-state index is -4.26. The third kappa shape index (κ3) is 2.62. The minimum Gasteiger partial charge on any atom is -0.389 e. The Hall–Kier alpha value is -0.330. The molecule has 6 heteroatoms. The number of halogens is 3. The summed E-state index contributed by atoms with van der Waals surface area (Å²) in [7, 11) is 0. The molecule has 0 amide bonds. The van der Waals surface area contributed by atoms with Crippen LogP contribution in [-0.4, -0.2) is 53.1 Å². The molecule has 0 bridgehead atoms. The third-order valence-corrected chi connectivity index (χ3v) is 1.74. The number of alkyl halides is 3. The molecule has 2 unspecified atom stereocenters. The van der Waals surface area contributed by atoms with Crippen molar-refractivity contribution in [3.8, 4) is 0 Å². The molecule has 1 heterocycles. The van der Waals surface area contributed by atoms with Crippen LogP contribution >= 0.6 is 0 Å². The summed E-state index contributed by atoms with van der Waals surface area (Å²) in [6, 6.07) is 0. The second-order valence-corrected chi connectivity index (χ2v) is 2.94. The summed E-state index contributed by atoms with van der Waals surface area (Å²) in [4.78, 5) is 0.981. The van der Waals surface area contributed by atoms with Crippen molar-refractivity contribution in [3.63, 3.8) is 0 Å². The van der Waals surface area contributed by atoms with Crippen LogP contribution in [0.1, 0.15) is 0 Å². The van der Waals surface area contributed by atoms with Gasteiger partial charge >= 0.3 is 6.18 Å². The normalized spacial score (nSPS) is 32.8. The topological polar surface area (TPSA) is 43.7 Å². The highest BCUT2D eigenvalue weighted by Gasteiger charge is 2.37. The number of hydrogen-bond donors (Lipinski definition) is 2. The smallest absolute Gasteiger partial charge is 0.389 e. The summed E-state index contributed by atoms with van der Waals surface area (Å²) < 4.78 is 35.3. The van der Waals surface area contributed by atoms with E-state index >= 15 is 0 Å². The molecule has 0 saturated carbocycles. The maximum absolute atomic E-state index is 11.8. The third-order valence-electron chi connectivity index (χ3n) is 1.74. The molecule has 0 aromatic carbocycles. The number of hydrogen-bond acceptors (Lipinski definition) is 3. The van der Waals surface area contributed by atoms with Gasteiger partial charge in [-0.25, -0.2) is 0 Å². The fourth-order valence-electron chi connectivity index (χ4n) is 1.23. The monoisotopic (exact) mass is 185 g/mol. The van der Waals surface area contributed by atoms with Crippen molar-refractivity contribution >= 4 is 0 Å². The van der Waals surface area contributed by atoms with Gasteiger partial charge in [0.15, 0.2) is 0 Å². The van der Waals surface area contributed by atoms with E-state index in [0.717, 1.165) is 4.90 Å². The highest BCUT2D eigenvalue weighted by molar-refractivity contribution is 4.84. The van der Waals surface area contributed by atoms with Gasteiger partial charge in [0, 0.05) is 13.1 Å². The lowest BCUT2D eigenvalue weighted by atomic mass is 10.3. The minimum absolute atomic E-state index is 0.110. The molecular formula is C6H10F3NO2. The lowest BCUT2D eigenvalue weighted by molar-refractivity contribution is -0.144. The Bertz CT molecular complexity index is 151. The van der Waals surface area contributed by atoms with E-state index in [9.17, 15) is 13.2 Å². The molecule has 0 aromatic heterocycles. The molecule has 0 spiro atoms. The first-order valence-corrected chi connectivity index (χ1v) is 3.54. The molecular weight excluding hydrogens is 175 g/mol. The van der Waals surface area contributed by atoms with Gasteiger partial charge in [0.2, 0.25) is 0 Å². The van der Waals surface area contributed by atoms with Crippen LogP contribution < -0.4 is 0 Å². The van der Waals surface area contributed by atoms with Crippen molar-refractivity contribution < 1.29 is 23.4 Å². The summed E-state index contributed by atoms with van der Waals surface area (Å²) >= 11 is 0. The highest BCUT2D eigenvalue weighted by Crippen LogP contribution is 2.19. The first-order chi connectivity index (χ1) is 5.38. The zero-order chi connectivity index (χ0) is 9.35. The standard InChI is InChI=1S/C6H10F3NO2/c7-6(8,9)3-10-1-4(11)5(12)2-10/h4-5,11-12H,1-3H2. The van der Waals surface area contributed by atoms with Crippen molar-refractivity contribution in [2.75, 3.05) is 19.6 Å². The van der Waals surface area contributed by atoms with Crippen LogP contribution in [0.5, 0.6) is 0 Å². The molecule has 1 aliphatic rings. The van der Waals surface area contributed by atoms with Crippen molar-refractivity contribution in [1.82, 2.24) is 4.90 Å². The fourth-order valence-corrected chi connectivity index (χ4v) is 1.23. The van der Waals surface area contributed by atoms with Gasteiger partial charge in [-0.3, -0.25) is 4.90 Å². The zero-order valence-electron chi connectivity index (χ0n) is 6.25. The molecule has 1 fully saturated rings. The molecule has 2 atom stereocenters. The van der Waals surface area contributed by atoms with E-state index in [-0.39, 0.29) is 13.1 Å². The van der Waals surface area contributed by atoms with Crippen molar-refractivity contribution in [2.45, 2.75) is 18.4 Å². The van der Waals surface area contributed by atoms with Crippen LogP contribution in [-0.2, 0) is 0 Å². The van der Waals surface area contributed by atoms with Crippen molar-refractivity contribution in [2.24, 2.45) is 0 Å². The van der Waals surface area contributed by atoms with Gasteiger partial charge in [-0.2, -0.15) is 13.2 Å². The average molecular weight is 185 g/mol. The molecule has 1 saturated heterocycles. The van der Waals surface area contributed by atoms with E-state index in [0.29, 0.717) is 0 Å². The predicted molar refractivity (Wildman–Crippen MR) is 34.5 cm³/mol. The molecule has 1 rings (SSSR count). The van der Waals surface area contributed by atoms with Crippen molar-refractivity contribution in [3.05, 3.63) is 0 Å². The number of nitrogens with zero attached hydrogens (tertiary/aromatic N) is 1. The number of rotatable bonds is 1. The molecule has 1 aliphatic heterocycles. The van der Waals surface area contributed by atoms with Crippen LogP contribution in [0.3, 0.4) is 0 Å². The lowest BCUT2D eigenvalue weighted by Gasteiger charge is -2.16. The van der Waals surface area contributed by atoms with Gasteiger partial charge in [-0.15, -0.1) is 0 Å². The number of aliphatic hydroxyl groups excluding tert-OH is 2. The summed E-state index contributed by atoms with van der Waals surface area (Å²) in [6.45, 7) is -1.29. The summed E-state index contributed by atoms with van der Waals surface area (Å²) in [6.07, 6.45) is -6.36. The van der Waals surface area contributed by atoms with E-state index in [1.165, 1.54) is 0 Å². The Morgan fingerprint density at radius 3 is 1.92 bits per heavy atom. The lowest BCUT2D eigenvalue weighted by Crippen LogP contribution is -2.33. The SMILES string of the molecule is OC1CN(CC(F)(F)F)CC1O. The van der Waals surface area contributed by atoms with E-state index < -0.39 is 24.9 Å². The first kappa shape index (κ1) is 9.76. The van der Waals surface area contributed by atoms with Gasteiger partial charge in [0.05, 0.1) is 18.8 Å². The van der Waals surface area contributed by atoms with Crippen LogP contribution in [0.25, 0.3) is 0 Å². The van der Waals surface area contributed by atoms with E-state index in [1.54, 1.807) is 0 Å². The Balaban J connectivity index is 2.38. The van der Waals surface area contributed by atoms with Gasteiger partial charge in [0.25, 0.3) is 0 Å². The summed E-state index contributed by atoms with van der Waals surface area (Å²) in [5, 5.41) is 17.8. The molecule has 3 nitrogen and oxygen atoms in total. The largest absolute Gasteiger partial charge is 0.401 e. The predicted octanol–water partition coefficient (Wildman–Crippen LogP) is -0.414. The van der Waals surface area contributed by atoms with Crippen LogP contribution in [0.2, 0.25) is 0 Å². The quantitative estimate of drug-likeness (QED) is 0.583. The maximum atomic E-state index is 11.8. The second-order valence-electron chi connectivity index (χ2n) is 2.94. The van der Waals surface area contributed by atoms with Gasteiger partial charge in [-0.05, 0) is 0 Å². The summed E-state index contributed by atoms with van der Waals surface area (Å²) in [5.41, 5.74) is 0. The van der Waals surface area contributed by atoms with Gasteiger partial charge in [0.1, 0.15) is 0 Å². The van der Waals surface area contributed by atoms with Crippen molar-refractivity contribution in [1.29, 1.82) is 0 Å². The molecule has 0 aliphatic carbocycles. The van der Waals surface area contributed by atoms with Crippen LogP contribution in [0, 0.1) is 0 Å². The molecule has 0 aromatic rings. The van der Waals surface area contributed by atoms with Crippen LogP contribution in [0.4, 0.5) is 13.2 Å².